The fraction of sp³-hybridized carbons (Fsp3) is 0.125. The van der Waals surface area contributed by atoms with Gasteiger partial charge >= 0.3 is 6.18 Å². The zero-order chi connectivity index (χ0) is 13.4. The number of alkyl halides is 3. The topological polar surface area (TPSA) is 86.2 Å². The van der Waals surface area contributed by atoms with Crippen molar-refractivity contribution in [1.82, 2.24) is 0 Å². The Morgan fingerprint density at radius 3 is 2.29 bits per heavy atom. The number of rotatable bonds is 2. The predicted octanol–water partition coefficient (Wildman–Crippen LogP) is 2.48. The van der Waals surface area contributed by atoms with Crippen LogP contribution < -0.4 is 5.73 Å². The number of amides is 1. The molecule has 1 aromatic rings. The number of nitro groups is 1. The third-order valence-electron chi connectivity index (χ3n) is 1.87. The molecule has 92 valence electrons. The van der Waals surface area contributed by atoms with Gasteiger partial charge in [0.1, 0.15) is 10.0 Å². The molecule has 0 atom stereocenters. The number of benzene rings is 1. The van der Waals surface area contributed by atoms with Gasteiger partial charge in [0, 0.05) is 0 Å². The fourth-order valence-electron chi connectivity index (χ4n) is 1.16. The van der Waals surface area contributed by atoms with Crippen molar-refractivity contribution in [3.05, 3.63) is 37.8 Å². The molecular formula is C8H4BrF3N2O3. The van der Waals surface area contributed by atoms with E-state index in [9.17, 15) is 28.1 Å². The summed E-state index contributed by atoms with van der Waals surface area (Å²) in [5.41, 5.74) is 1.81. The molecule has 1 aromatic carbocycles. The van der Waals surface area contributed by atoms with Crippen LogP contribution in [0, 0.1) is 10.1 Å². The van der Waals surface area contributed by atoms with E-state index in [-0.39, 0.29) is 5.56 Å². The van der Waals surface area contributed by atoms with E-state index in [0.29, 0.717) is 6.07 Å². The van der Waals surface area contributed by atoms with Gasteiger partial charge in [0.05, 0.1) is 10.5 Å². The van der Waals surface area contributed by atoms with Crippen molar-refractivity contribution in [3.8, 4) is 0 Å². The summed E-state index contributed by atoms with van der Waals surface area (Å²) < 4.78 is 36.9. The van der Waals surface area contributed by atoms with Crippen LogP contribution in [0.2, 0.25) is 0 Å². The van der Waals surface area contributed by atoms with Gasteiger partial charge in [-0.2, -0.15) is 13.2 Å². The minimum absolute atomic E-state index is 0.385. The van der Waals surface area contributed by atoms with Crippen LogP contribution in [0.3, 0.4) is 0 Å². The fourth-order valence-corrected chi connectivity index (χ4v) is 1.85. The molecule has 0 aliphatic carbocycles. The third-order valence-corrected chi connectivity index (χ3v) is 2.67. The van der Waals surface area contributed by atoms with E-state index in [0.717, 1.165) is 6.07 Å². The molecule has 0 unspecified atom stereocenters. The molecule has 5 nitrogen and oxygen atoms in total. The Labute approximate surface area is 101 Å². The molecule has 0 bridgehead atoms. The highest BCUT2D eigenvalue weighted by molar-refractivity contribution is 9.10. The molecule has 0 saturated carbocycles. The maximum absolute atomic E-state index is 12.5. The summed E-state index contributed by atoms with van der Waals surface area (Å²) in [6.45, 7) is 0. The van der Waals surface area contributed by atoms with E-state index in [1.54, 1.807) is 0 Å². The summed E-state index contributed by atoms with van der Waals surface area (Å²) >= 11 is 2.58. The molecule has 1 rings (SSSR count). The first-order valence-corrected chi connectivity index (χ1v) is 4.79. The van der Waals surface area contributed by atoms with Gasteiger partial charge in [-0.15, -0.1) is 0 Å². The van der Waals surface area contributed by atoms with Crippen molar-refractivity contribution >= 4 is 27.5 Å². The second-order valence-corrected chi connectivity index (χ2v) is 3.74. The lowest BCUT2D eigenvalue weighted by Crippen LogP contribution is -2.15. The summed E-state index contributed by atoms with van der Waals surface area (Å²) in [5.74, 6) is -1.06. The summed E-state index contributed by atoms with van der Waals surface area (Å²) in [7, 11) is 0. The van der Waals surface area contributed by atoms with Crippen molar-refractivity contribution < 1.29 is 22.9 Å². The van der Waals surface area contributed by atoms with Crippen molar-refractivity contribution in [1.29, 1.82) is 0 Å². The molecule has 0 aromatic heterocycles. The monoisotopic (exact) mass is 312 g/mol. The van der Waals surface area contributed by atoms with Crippen LogP contribution in [0.5, 0.6) is 0 Å². The van der Waals surface area contributed by atoms with E-state index in [1.807, 2.05) is 0 Å². The van der Waals surface area contributed by atoms with Crippen LogP contribution >= 0.6 is 15.9 Å². The normalized spacial score (nSPS) is 11.3. The molecule has 0 fully saturated rings. The molecule has 0 spiro atoms. The number of primary amides is 1. The number of hydrogen-bond acceptors (Lipinski definition) is 3. The third kappa shape index (κ3) is 2.54. The standard InChI is InChI=1S/C8H4BrF3N2O3/c9-5-3(7(13)15)1-2-4(8(10,11)12)6(5)14(16)17/h1-2H,(H2,13,15). The lowest BCUT2D eigenvalue weighted by molar-refractivity contribution is -0.388. The summed E-state index contributed by atoms with van der Waals surface area (Å²) in [6, 6.07) is 1.23. The van der Waals surface area contributed by atoms with Gasteiger partial charge < -0.3 is 5.73 Å². The molecule has 0 saturated heterocycles. The van der Waals surface area contributed by atoms with Crippen molar-refractivity contribution in [3.63, 3.8) is 0 Å². The first-order chi connectivity index (χ1) is 7.66. The molecular weight excluding hydrogens is 309 g/mol. The molecule has 17 heavy (non-hydrogen) atoms. The Balaban J connectivity index is 3.63. The SMILES string of the molecule is NC(=O)c1ccc(C(F)(F)F)c([N+](=O)[O-])c1Br. The van der Waals surface area contributed by atoms with Crippen LogP contribution in [0.4, 0.5) is 18.9 Å². The average Bonchev–Trinajstić information content (AvgIpc) is 2.14. The molecule has 0 radical (unpaired) electrons. The van der Waals surface area contributed by atoms with Crippen LogP contribution in [0.15, 0.2) is 16.6 Å². The van der Waals surface area contributed by atoms with Crippen LogP contribution in [0.25, 0.3) is 0 Å². The number of nitrogens with zero attached hydrogens (tertiary/aromatic N) is 1. The smallest absolute Gasteiger partial charge is 0.366 e. The maximum atomic E-state index is 12.5. The lowest BCUT2D eigenvalue weighted by Gasteiger charge is -2.09. The quantitative estimate of drug-likeness (QED) is 0.672. The van der Waals surface area contributed by atoms with Crippen molar-refractivity contribution in [2.24, 2.45) is 5.73 Å². The number of carbonyl (C=O) groups excluding carboxylic acids is 1. The average molecular weight is 313 g/mol. The summed E-state index contributed by atoms with van der Waals surface area (Å²) in [5, 5.41) is 10.6. The molecule has 0 heterocycles. The second-order valence-electron chi connectivity index (χ2n) is 2.94. The van der Waals surface area contributed by atoms with E-state index in [1.165, 1.54) is 0 Å². The zero-order valence-corrected chi connectivity index (χ0v) is 9.50. The van der Waals surface area contributed by atoms with Crippen LogP contribution in [0.1, 0.15) is 15.9 Å². The highest BCUT2D eigenvalue weighted by atomic mass is 79.9. The minimum atomic E-state index is -4.89. The molecule has 0 aliphatic rings. The van der Waals surface area contributed by atoms with E-state index in [4.69, 9.17) is 5.73 Å². The Bertz CT molecular complexity index is 502. The number of halogens is 4. The Hall–Kier alpha value is -1.64. The van der Waals surface area contributed by atoms with Gasteiger partial charge in [0.2, 0.25) is 5.91 Å². The highest BCUT2D eigenvalue weighted by Gasteiger charge is 2.40. The van der Waals surface area contributed by atoms with Gasteiger partial charge in [-0.05, 0) is 28.1 Å². The Morgan fingerprint density at radius 2 is 1.94 bits per heavy atom. The first kappa shape index (κ1) is 13.4. The van der Waals surface area contributed by atoms with Gasteiger partial charge in [-0.25, -0.2) is 0 Å². The highest BCUT2D eigenvalue weighted by Crippen LogP contribution is 2.41. The second kappa shape index (κ2) is 4.32. The van der Waals surface area contributed by atoms with Gasteiger partial charge in [-0.1, -0.05) is 0 Å². The molecule has 1 amide bonds. The van der Waals surface area contributed by atoms with Gasteiger partial charge in [0.15, 0.2) is 0 Å². The number of hydrogen-bond donors (Lipinski definition) is 1. The number of carbonyl (C=O) groups is 1. The first-order valence-electron chi connectivity index (χ1n) is 4.00. The largest absolute Gasteiger partial charge is 0.423 e. The number of nitro benzene ring substituents is 1. The summed E-state index contributed by atoms with van der Waals surface area (Å²) in [6.07, 6.45) is -4.89. The van der Waals surface area contributed by atoms with Crippen molar-refractivity contribution in [2.45, 2.75) is 6.18 Å². The maximum Gasteiger partial charge on any atom is 0.423 e. The van der Waals surface area contributed by atoms with Crippen molar-refractivity contribution in [2.75, 3.05) is 0 Å². The molecule has 9 heteroatoms. The minimum Gasteiger partial charge on any atom is -0.366 e. The Kier molecular flexibility index (Phi) is 3.41. The molecule has 0 aliphatic heterocycles. The van der Waals surface area contributed by atoms with Gasteiger partial charge in [-0.3, -0.25) is 14.9 Å². The predicted molar refractivity (Wildman–Crippen MR) is 54.3 cm³/mol. The molecule has 2 N–H and O–H groups in total. The van der Waals surface area contributed by atoms with Gasteiger partial charge in [0.25, 0.3) is 5.69 Å². The number of nitrogens with two attached hydrogens (primary N) is 1. The van der Waals surface area contributed by atoms with E-state index >= 15 is 0 Å². The zero-order valence-electron chi connectivity index (χ0n) is 7.92. The van der Waals surface area contributed by atoms with E-state index in [2.05, 4.69) is 15.9 Å². The Morgan fingerprint density at radius 1 is 1.41 bits per heavy atom. The van der Waals surface area contributed by atoms with Crippen LogP contribution in [-0.2, 0) is 6.18 Å². The lowest BCUT2D eigenvalue weighted by atomic mass is 10.1. The summed E-state index contributed by atoms with van der Waals surface area (Å²) in [4.78, 5) is 20.2. The van der Waals surface area contributed by atoms with E-state index < -0.39 is 32.7 Å². The van der Waals surface area contributed by atoms with Crippen LogP contribution in [-0.4, -0.2) is 10.8 Å².